The number of aromatic carboxylic acids is 1. The van der Waals surface area contributed by atoms with E-state index >= 15 is 4.39 Å². The maximum absolute atomic E-state index is 15.1. The van der Waals surface area contributed by atoms with Crippen LogP contribution in [0.2, 0.25) is 0 Å². The van der Waals surface area contributed by atoms with E-state index < -0.39 is 71.4 Å². The average Bonchev–Trinajstić information content (AvgIpc) is 4.11. The van der Waals surface area contributed by atoms with Crippen molar-refractivity contribution in [3.05, 3.63) is 84.7 Å². The van der Waals surface area contributed by atoms with Crippen LogP contribution in [-0.2, 0) is 4.65 Å². The molecule has 3 atom stereocenters. The molecule has 2 aromatic carbocycles. The Bertz CT molecular complexity index is 2470. The zero-order chi connectivity index (χ0) is 44.2. The van der Waals surface area contributed by atoms with Crippen LogP contribution in [0.3, 0.4) is 0 Å². The van der Waals surface area contributed by atoms with Gasteiger partial charge in [0.05, 0.1) is 30.1 Å². The number of carbonyl (C=O) groups is 2. The molecule has 324 valence electrons. The second-order valence-corrected chi connectivity index (χ2v) is 17.1. The molecule has 4 aliphatic rings. The predicted octanol–water partition coefficient (Wildman–Crippen LogP) is 6.81. The summed E-state index contributed by atoms with van der Waals surface area (Å²) in [7, 11) is -3.38. The predicted molar refractivity (Wildman–Crippen MR) is 213 cm³/mol. The van der Waals surface area contributed by atoms with Gasteiger partial charge in [-0.05, 0) is 69.6 Å². The summed E-state index contributed by atoms with van der Waals surface area (Å²) in [6.07, 6.45) is 5.63. The monoisotopic (exact) mass is 849 g/mol. The van der Waals surface area contributed by atoms with Gasteiger partial charge in [0.2, 0.25) is 10.9 Å². The topological polar surface area (TPSA) is 149 Å². The number of anilines is 1. The zero-order valence-electron chi connectivity index (χ0n) is 33.8. The molecule has 2 saturated carbocycles. The summed E-state index contributed by atoms with van der Waals surface area (Å²) in [4.78, 5) is 49.9. The first-order valence-corrected chi connectivity index (χ1v) is 19.6. The summed E-state index contributed by atoms with van der Waals surface area (Å²) in [6, 6.07) is 1.79. The minimum absolute atomic E-state index is 0.0577. The van der Waals surface area contributed by atoms with Crippen molar-refractivity contribution in [2.24, 2.45) is 23.0 Å². The number of nitrogens with two attached hydrogens (primary N) is 1. The number of hydrogen-bond acceptors (Lipinski definition) is 8. The molecule has 4 heterocycles. The fourth-order valence-corrected chi connectivity index (χ4v) is 8.17. The lowest BCUT2D eigenvalue weighted by Crippen LogP contribution is -2.45. The fraction of sp³-hybridized carbons (Fsp3) is 0.512. The van der Waals surface area contributed by atoms with E-state index in [0.29, 0.717) is 29.4 Å². The molecular formula is C41H47BF7N5O6. The molecule has 0 amide bonds. The van der Waals surface area contributed by atoms with Gasteiger partial charge in [-0.3, -0.25) is 18.4 Å². The molecular weight excluding hydrogens is 802 g/mol. The summed E-state index contributed by atoms with van der Waals surface area (Å²) < 4.78 is 99.5. The van der Waals surface area contributed by atoms with E-state index in [9.17, 15) is 50.5 Å². The van der Waals surface area contributed by atoms with Crippen LogP contribution in [0.4, 0.5) is 36.3 Å². The molecule has 4 fully saturated rings. The minimum Gasteiger partial charge on any atom is -0.477 e. The van der Waals surface area contributed by atoms with E-state index in [2.05, 4.69) is 23.8 Å². The highest BCUT2D eigenvalue weighted by atomic mass is 19.2. The number of carbonyl (C=O) groups excluding carboxylic acids is 1. The standard InChI is InChI=1S/C20H23F2N3O3.C14H10BF4NO3.C7H14FN/c1-10-16-13(18(26)14(19(27)28)8-25(16)12-3-4-12)5-15(22)17(10)24-7-11(6-21)20(2,23)9-24;1-6-11(17)10(16)4-8-12(6)20(7-2-3-7)5-9(13(8)21)14(22)23-15(18)19;1-7(2)5-9-4-6(7)3-8/h5,8,11-12H,3-4,6-7,9,23H2,1-2H3,(H,27,28);4-5,7H,2-3H2,1H3;6,9H,3-5H2,1-2H3/t11-,20+;;6-/m0.0/s1. The fourth-order valence-electron chi connectivity index (χ4n) is 8.17. The summed E-state index contributed by atoms with van der Waals surface area (Å²) in [6.45, 7) is 10.6. The van der Waals surface area contributed by atoms with Gasteiger partial charge in [-0.25, -0.2) is 31.4 Å². The lowest BCUT2D eigenvalue weighted by molar-refractivity contribution is 0.0682. The minimum atomic E-state index is -3.38. The van der Waals surface area contributed by atoms with Gasteiger partial charge in [0.15, 0.2) is 11.6 Å². The van der Waals surface area contributed by atoms with Gasteiger partial charge in [0, 0.05) is 84.4 Å². The molecule has 2 saturated heterocycles. The summed E-state index contributed by atoms with van der Waals surface area (Å²) in [5.41, 5.74) is 4.42. The van der Waals surface area contributed by atoms with Gasteiger partial charge in [-0.1, -0.05) is 13.8 Å². The highest BCUT2D eigenvalue weighted by molar-refractivity contribution is 6.38. The molecule has 0 radical (unpaired) electrons. The van der Waals surface area contributed by atoms with Crippen molar-refractivity contribution in [3.8, 4) is 0 Å². The van der Waals surface area contributed by atoms with Crippen LogP contribution < -0.4 is 26.8 Å². The van der Waals surface area contributed by atoms with Gasteiger partial charge in [-0.15, -0.1) is 0 Å². The molecule has 2 aliphatic heterocycles. The van der Waals surface area contributed by atoms with Crippen LogP contribution >= 0.6 is 0 Å². The summed E-state index contributed by atoms with van der Waals surface area (Å²) in [5, 5.41) is 12.4. The normalized spacial score (nSPS) is 22.0. The summed E-state index contributed by atoms with van der Waals surface area (Å²) in [5.74, 6) is -5.96. The molecule has 8 rings (SSSR count). The number of aryl methyl sites for hydroxylation is 2. The van der Waals surface area contributed by atoms with Gasteiger partial charge >= 0.3 is 19.4 Å². The number of fused-ring (bicyclic) bond motifs is 2. The van der Waals surface area contributed by atoms with E-state index in [1.807, 2.05) is 0 Å². The van der Waals surface area contributed by atoms with Crippen LogP contribution in [0.15, 0.2) is 34.1 Å². The Morgan fingerprint density at radius 3 is 1.83 bits per heavy atom. The lowest BCUT2D eigenvalue weighted by atomic mass is 9.83. The largest absolute Gasteiger partial charge is 0.798 e. The van der Waals surface area contributed by atoms with Crippen molar-refractivity contribution >= 4 is 46.9 Å². The van der Waals surface area contributed by atoms with E-state index in [0.717, 1.165) is 51.0 Å². The second-order valence-electron chi connectivity index (χ2n) is 17.1. The Morgan fingerprint density at radius 2 is 1.38 bits per heavy atom. The number of nitrogens with one attached hydrogen (secondary N) is 1. The van der Waals surface area contributed by atoms with Crippen molar-refractivity contribution in [1.82, 2.24) is 14.5 Å². The first-order valence-electron chi connectivity index (χ1n) is 19.6. The highest BCUT2D eigenvalue weighted by Gasteiger charge is 2.42. The first kappa shape index (κ1) is 44.6. The van der Waals surface area contributed by atoms with E-state index in [4.69, 9.17) is 5.73 Å². The molecule has 11 nitrogen and oxygen atoms in total. The van der Waals surface area contributed by atoms with Gasteiger partial charge in [-0.2, -0.15) is 0 Å². The molecule has 0 bridgehead atoms. The van der Waals surface area contributed by atoms with Crippen LogP contribution in [0.1, 0.15) is 90.4 Å². The highest BCUT2D eigenvalue weighted by Crippen LogP contribution is 2.42. The van der Waals surface area contributed by atoms with E-state index in [-0.39, 0.29) is 64.1 Å². The van der Waals surface area contributed by atoms with Crippen LogP contribution in [-0.4, -0.2) is 78.7 Å². The Labute approximate surface area is 340 Å². The number of benzene rings is 2. The number of rotatable bonds is 8. The number of pyridine rings is 2. The molecule has 4 N–H and O–H groups in total. The van der Waals surface area contributed by atoms with Crippen LogP contribution in [0.5, 0.6) is 0 Å². The van der Waals surface area contributed by atoms with Crippen LogP contribution in [0, 0.1) is 48.5 Å². The van der Waals surface area contributed by atoms with Crippen molar-refractivity contribution < 1.29 is 49.9 Å². The molecule has 60 heavy (non-hydrogen) atoms. The molecule has 0 spiro atoms. The maximum atomic E-state index is 15.1. The number of hydrogen-bond donors (Lipinski definition) is 3. The third-order valence-electron chi connectivity index (χ3n) is 12.1. The lowest BCUT2D eigenvalue weighted by Gasteiger charge is -2.26. The molecule has 0 unspecified atom stereocenters. The van der Waals surface area contributed by atoms with Crippen molar-refractivity contribution in [1.29, 1.82) is 0 Å². The Balaban J connectivity index is 0.000000169. The number of carboxylic acid groups (broad SMARTS) is 1. The van der Waals surface area contributed by atoms with Crippen molar-refractivity contribution in [2.45, 2.75) is 77.9 Å². The Kier molecular flexibility index (Phi) is 12.5. The SMILES string of the molecule is CC1(C)CNC[C@@H]1CF.Cc1c(F)c(F)cc2c(=O)c(C(=O)OB(F)F)cn(C3CC3)c12.Cc1c(N2C[C@H](CF)[C@](C)(N)C2)c(F)cc2c(=O)c(C(=O)O)cn(C3CC3)c12. The Morgan fingerprint density at radius 1 is 0.867 bits per heavy atom. The van der Waals surface area contributed by atoms with Gasteiger partial charge < -0.3 is 34.8 Å². The summed E-state index contributed by atoms with van der Waals surface area (Å²) >= 11 is 0. The number of alkyl halides is 2. The molecule has 4 aromatic rings. The number of halogens is 7. The smallest absolute Gasteiger partial charge is 0.477 e. The number of aromatic nitrogens is 2. The number of carboxylic acids is 1. The van der Waals surface area contributed by atoms with Crippen molar-refractivity contribution in [3.63, 3.8) is 0 Å². The van der Waals surface area contributed by atoms with Gasteiger partial charge in [0.1, 0.15) is 16.9 Å². The molecule has 2 aliphatic carbocycles. The van der Waals surface area contributed by atoms with Gasteiger partial charge in [0.25, 0.3) is 0 Å². The van der Waals surface area contributed by atoms with Crippen molar-refractivity contribution in [2.75, 3.05) is 44.4 Å². The third kappa shape index (κ3) is 8.65. The second kappa shape index (κ2) is 16.9. The quantitative estimate of drug-likeness (QED) is 0.129. The average molecular weight is 850 g/mol. The van der Waals surface area contributed by atoms with E-state index in [1.165, 1.54) is 17.7 Å². The molecule has 2 aromatic heterocycles. The third-order valence-corrected chi connectivity index (χ3v) is 12.1. The zero-order valence-corrected chi connectivity index (χ0v) is 33.8. The van der Waals surface area contributed by atoms with Crippen LogP contribution in [0.25, 0.3) is 21.8 Å². The molecule has 19 heteroatoms. The Hall–Kier alpha value is -4.91. The maximum Gasteiger partial charge on any atom is 0.798 e. The first-order chi connectivity index (χ1) is 28.1. The number of nitrogens with zero attached hydrogens (tertiary/aromatic N) is 3. The van der Waals surface area contributed by atoms with E-state index in [1.54, 1.807) is 23.3 Å².